The summed E-state index contributed by atoms with van der Waals surface area (Å²) in [5.74, 6) is -2.52. The van der Waals surface area contributed by atoms with Crippen LogP contribution in [0.3, 0.4) is 0 Å². The van der Waals surface area contributed by atoms with Crippen LogP contribution in [-0.2, 0) is 22.6 Å². The van der Waals surface area contributed by atoms with Gasteiger partial charge in [0.15, 0.2) is 0 Å². The first-order valence-electron chi connectivity index (χ1n) is 8.79. The van der Waals surface area contributed by atoms with Gasteiger partial charge in [-0.25, -0.2) is 0 Å². The second-order valence-electron chi connectivity index (χ2n) is 5.99. The predicted molar refractivity (Wildman–Crippen MR) is 100 cm³/mol. The third-order valence-electron chi connectivity index (χ3n) is 4.20. The number of carboxylic acid groups (broad SMARTS) is 1. The molecule has 0 saturated heterocycles. The van der Waals surface area contributed by atoms with Crippen molar-refractivity contribution in [1.82, 2.24) is 14.7 Å². The number of hydrogen-bond acceptors (Lipinski definition) is 3. The molecule has 1 amide bonds. The van der Waals surface area contributed by atoms with Gasteiger partial charge in [0.05, 0.1) is 12.7 Å². The van der Waals surface area contributed by atoms with E-state index in [1.165, 1.54) is 0 Å². The number of rotatable bonds is 9. The lowest BCUT2D eigenvalue weighted by molar-refractivity contribution is -0.150. The molecule has 0 radical (unpaired) electrons. The van der Waals surface area contributed by atoms with E-state index in [2.05, 4.69) is 5.10 Å². The molecule has 0 aliphatic heterocycles. The molecule has 0 saturated carbocycles. The van der Waals surface area contributed by atoms with Crippen LogP contribution in [0.4, 0.5) is 0 Å². The van der Waals surface area contributed by atoms with Crippen molar-refractivity contribution in [3.05, 3.63) is 59.9 Å². The van der Waals surface area contributed by atoms with Crippen LogP contribution in [0.15, 0.2) is 48.8 Å². The molecule has 2 aromatic rings. The van der Waals surface area contributed by atoms with E-state index in [0.717, 1.165) is 11.1 Å². The lowest BCUT2D eigenvalue weighted by Crippen LogP contribution is -2.40. The molecule has 1 unspecified atom stereocenters. The molecule has 1 aromatic heterocycles. The number of carbonyl (C=O) groups excluding carboxylic acids is 1. The number of hydrogen-bond donors (Lipinski definition) is 1. The maximum absolute atomic E-state index is 12.4. The average Bonchev–Trinajstić information content (AvgIpc) is 3.09. The molecule has 0 spiro atoms. The molecule has 0 bridgehead atoms. The Kier molecular flexibility index (Phi) is 7.14. The standard InChI is InChI=1S/C20H25N3O3/c1-3-22(4-2)19(24)18(20(25)26)13-17-14-21-23(15-17)12-8-11-16-9-6-5-7-10-16/h5-11,14-15,18H,3-4,12-13H2,1-2H3,(H,25,26). The van der Waals surface area contributed by atoms with Gasteiger partial charge in [0.2, 0.25) is 5.91 Å². The Balaban J connectivity index is 2.00. The highest BCUT2D eigenvalue weighted by Crippen LogP contribution is 2.13. The minimum atomic E-state index is -1.10. The van der Waals surface area contributed by atoms with Crippen LogP contribution >= 0.6 is 0 Å². The molecule has 0 aliphatic carbocycles. The van der Waals surface area contributed by atoms with Crippen molar-refractivity contribution in [1.29, 1.82) is 0 Å². The van der Waals surface area contributed by atoms with Gasteiger partial charge in [0.1, 0.15) is 5.92 Å². The Hall–Kier alpha value is -2.89. The van der Waals surface area contributed by atoms with Crippen LogP contribution in [0.5, 0.6) is 0 Å². The van der Waals surface area contributed by atoms with Crippen molar-refractivity contribution in [2.24, 2.45) is 5.92 Å². The second kappa shape index (κ2) is 9.56. The van der Waals surface area contributed by atoms with E-state index in [-0.39, 0.29) is 12.3 Å². The van der Waals surface area contributed by atoms with Crippen molar-refractivity contribution in [2.75, 3.05) is 13.1 Å². The maximum Gasteiger partial charge on any atom is 0.316 e. The van der Waals surface area contributed by atoms with Gasteiger partial charge in [0, 0.05) is 19.3 Å². The van der Waals surface area contributed by atoms with Crippen molar-refractivity contribution in [3.8, 4) is 0 Å². The Bertz CT molecular complexity index is 749. The van der Waals surface area contributed by atoms with E-state index in [4.69, 9.17) is 0 Å². The lowest BCUT2D eigenvalue weighted by atomic mass is 10.00. The molecule has 0 aliphatic rings. The van der Waals surface area contributed by atoms with Crippen molar-refractivity contribution in [2.45, 2.75) is 26.8 Å². The Morgan fingerprint density at radius 3 is 2.54 bits per heavy atom. The van der Waals surface area contributed by atoms with E-state index in [0.29, 0.717) is 19.6 Å². The van der Waals surface area contributed by atoms with Gasteiger partial charge >= 0.3 is 5.97 Å². The summed E-state index contributed by atoms with van der Waals surface area (Å²) in [6.45, 7) is 5.27. The molecule has 26 heavy (non-hydrogen) atoms. The first kappa shape index (κ1) is 19.4. The van der Waals surface area contributed by atoms with Gasteiger partial charge < -0.3 is 10.0 Å². The summed E-state index contributed by atoms with van der Waals surface area (Å²) >= 11 is 0. The van der Waals surface area contributed by atoms with Gasteiger partial charge in [-0.1, -0.05) is 42.5 Å². The summed E-state index contributed by atoms with van der Waals surface area (Å²) in [6, 6.07) is 9.95. The molecule has 1 N–H and O–H groups in total. The van der Waals surface area contributed by atoms with Crippen LogP contribution < -0.4 is 0 Å². The Morgan fingerprint density at radius 1 is 1.23 bits per heavy atom. The fourth-order valence-electron chi connectivity index (χ4n) is 2.74. The number of carbonyl (C=O) groups is 2. The largest absolute Gasteiger partial charge is 0.481 e. The number of amides is 1. The SMILES string of the molecule is CCN(CC)C(=O)C(Cc1cnn(CC=Cc2ccccc2)c1)C(=O)O. The molecule has 0 fully saturated rings. The topological polar surface area (TPSA) is 75.4 Å². The molecule has 2 rings (SSSR count). The van der Waals surface area contributed by atoms with Crippen molar-refractivity contribution >= 4 is 18.0 Å². The zero-order chi connectivity index (χ0) is 18.9. The summed E-state index contributed by atoms with van der Waals surface area (Å²) in [5.41, 5.74) is 1.85. The quantitative estimate of drug-likeness (QED) is 0.702. The number of carboxylic acids is 1. The third-order valence-corrected chi connectivity index (χ3v) is 4.20. The number of aliphatic carboxylic acids is 1. The normalized spacial score (nSPS) is 12.2. The summed E-state index contributed by atoms with van der Waals surface area (Å²) in [6.07, 6.45) is 7.56. The highest BCUT2D eigenvalue weighted by molar-refractivity contribution is 5.97. The molecule has 6 nitrogen and oxygen atoms in total. The zero-order valence-corrected chi connectivity index (χ0v) is 15.2. The van der Waals surface area contributed by atoms with Gasteiger partial charge in [-0.3, -0.25) is 14.3 Å². The van der Waals surface area contributed by atoms with E-state index in [1.807, 2.05) is 56.3 Å². The van der Waals surface area contributed by atoms with Gasteiger partial charge in [0.25, 0.3) is 0 Å². The van der Waals surface area contributed by atoms with Gasteiger partial charge in [-0.05, 0) is 31.4 Å². The third kappa shape index (κ3) is 5.31. The first-order valence-corrected chi connectivity index (χ1v) is 8.79. The highest BCUT2D eigenvalue weighted by Gasteiger charge is 2.30. The van der Waals surface area contributed by atoms with Gasteiger partial charge in [-0.15, -0.1) is 0 Å². The Labute approximate surface area is 153 Å². The zero-order valence-electron chi connectivity index (χ0n) is 15.2. The Morgan fingerprint density at radius 2 is 1.92 bits per heavy atom. The number of benzene rings is 1. The van der Waals surface area contributed by atoms with Crippen LogP contribution in [0.2, 0.25) is 0 Å². The smallest absolute Gasteiger partial charge is 0.316 e. The van der Waals surface area contributed by atoms with E-state index in [1.54, 1.807) is 22.0 Å². The van der Waals surface area contributed by atoms with Crippen LogP contribution in [0, 0.1) is 5.92 Å². The van der Waals surface area contributed by atoms with E-state index in [9.17, 15) is 14.7 Å². The molecule has 1 aromatic carbocycles. The van der Waals surface area contributed by atoms with Crippen LogP contribution in [0.1, 0.15) is 25.0 Å². The molecule has 6 heteroatoms. The van der Waals surface area contributed by atoms with Gasteiger partial charge in [-0.2, -0.15) is 5.10 Å². The second-order valence-corrected chi connectivity index (χ2v) is 5.99. The fraction of sp³-hybridized carbons (Fsp3) is 0.350. The summed E-state index contributed by atoms with van der Waals surface area (Å²) in [5, 5.41) is 13.7. The molecular formula is C20H25N3O3. The summed E-state index contributed by atoms with van der Waals surface area (Å²) in [7, 11) is 0. The summed E-state index contributed by atoms with van der Waals surface area (Å²) in [4.78, 5) is 25.5. The number of allylic oxidation sites excluding steroid dienone is 1. The monoisotopic (exact) mass is 355 g/mol. The predicted octanol–water partition coefficient (Wildman–Crippen LogP) is 2.71. The number of nitrogens with zero attached hydrogens (tertiary/aromatic N) is 3. The van der Waals surface area contributed by atoms with Crippen LogP contribution in [0.25, 0.3) is 6.08 Å². The van der Waals surface area contributed by atoms with E-state index >= 15 is 0 Å². The van der Waals surface area contributed by atoms with Crippen molar-refractivity contribution < 1.29 is 14.7 Å². The minimum Gasteiger partial charge on any atom is -0.481 e. The summed E-state index contributed by atoms with van der Waals surface area (Å²) < 4.78 is 1.73. The maximum atomic E-state index is 12.4. The molecule has 1 heterocycles. The van der Waals surface area contributed by atoms with Crippen LogP contribution in [-0.4, -0.2) is 44.8 Å². The average molecular weight is 355 g/mol. The lowest BCUT2D eigenvalue weighted by Gasteiger charge is -2.22. The molecule has 138 valence electrons. The van der Waals surface area contributed by atoms with E-state index < -0.39 is 11.9 Å². The molecule has 1 atom stereocenters. The number of aromatic nitrogens is 2. The minimum absolute atomic E-state index is 0.146. The highest BCUT2D eigenvalue weighted by atomic mass is 16.4. The van der Waals surface area contributed by atoms with Crippen molar-refractivity contribution in [3.63, 3.8) is 0 Å². The molecular weight excluding hydrogens is 330 g/mol. The first-order chi connectivity index (χ1) is 12.5. The fourth-order valence-corrected chi connectivity index (χ4v) is 2.74.